The predicted octanol–water partition coefficient (Wildman–Crippen LogP) is 2.18. The number of hydrogen-bond donors (Lipinski definition) is 1. The van der Waals surface area contributed by atoms with Gasteiger partial charge in [0.25, 0.3) is 0 Å². The molecule has 2 N–H and O–H groups in total. The van der Waals surface area contributed by atoms with Crippen molar-refractivity contribution < 1.29 is 9.18 Å². The fourth-order valence-electron chi connectivity index (χ4n) is 2.35. The second-order valence-corrected chi connectivity index (χ2v) is 4.99. The summed E-state index contributed by atoms with van der Waals surface area (Å²) in [5.41, 5.74) is 6.96. The lowest BCUT2D eigenvalue weighted by Crippen LogP contribution is -2.45. The molecule has 1 unspecified atom stereocenters. The maximum absolute atomic E-state index is 13.6. The van der Waals surface area contributed by atoms with Crippen LogP contribution in [0.5, 0.6) is 0 Å². The van der Waals surface area contributed by atoms with Crippen molar-refractivity contribution in [2.24, 2.45) is 5.73 Å². The van der Waals surface area contributed by atoms with E-state index in [-0.39, 0.29) is 17.8 Å². The van der Waals surface area contributed by atoms with E-state index < -0.39 is 0 Å². The highest BCUT2D eigenvalue weighted by molar-refractivity contribution is 5.95. The van der Waals surface area contributed by atoms with Crippen molar-refractivity contribution in [2.45, 2.75) is 25.8 Å². The zero-order valence-corrected chi connectivity index (χ0v) is 11.1. The molecule has 2 rings (SSSR count). The predicted molar refractivity (Wildman–Crippen MR) is 73.8 cm³/mol. The molecule has 1 amide bonds. The summed E-state index contributed by atoms with van der Waals surface area (Å²) in [6.45, 7) is 3.06. The molecule has 1 saturated heterocycles. The van der Waals surface area contributed by atoms with Crippen LogP contribution >= 0.6 is 0 Å². The van der Waals surface area contributed by atoms with Gasteiger partial charge in [0.15, 0.2) is 0 Å². The summed E-state index contributed by atoms with van der Waals surface area (Å²) >= 11 is 0. The molecule has 1 aromatic carbocycles. The molecule has 0 bridgehead atoms. The van der Waals surface area contributed by atoms with Gasteiger partial charge in [-0.25, -0.2) is 4.39 Å². The molecular weight excluding hydrogens is 243 g/mol. The van der Waals surface area contributed by atoms with Crippen LogP contribution in [0.3, 0.4) is 0 Å². The highest BCUT2D eigenvalue weighted by atomic mass is 19.1. The summed E-state index contributed by atoms with van der Waals surface area (Å²) in [5.74, 6) is -0.393. The molecule has 0 saturated carbocycles. The Labute approximate surface area is 112 Å². The number of hydrogen-bond acceptors (Lipinski definition) is 2. The van der Waals surface area contributed by atoms with Crippen molar-refractivity contribution >= 4 is 11.5 Å². The Morgan fingerprint density at radius 1 is 1.47 bits per heavy atom. The van der Waals surface area contributed by atoms with Crippen LogP contribution in [0.4, 0.5) is 4.39 Å². The molecule has 4 heteroatoms. The minimum Gasteiger partial charge on any atom is -0.338 e. The highest BCUT2D eigenvalue weighted by Gasteiger charge is 2.20. The number of piperidine rings is 1. The summed E-state index contributed by atoms with van der Waals surface area (Å²) in [5, 5.41) is 0. The quantitative estimate of drug-likeness (QED) is 0.830. The SMILES string of the molecule is CC(=CC(=O)N1CCCC(N)C1)c1ccccc1F. The lowest BCUT2D eigenvalue weighted by molar-refractivity contribution is -0.127. The molecule has 3 nitrogen and oxygen atoms in total. The number of likely N-dealkylation sites (tertiary alicyclic amines) is 1. The Bertz CT molecular complexity index is 499. The molecule has 0 aliphatic carbocycles. The van der Waals surface area contributed by atoms with E-state index in [1.165, 1.54) is 12.1 Å². The number of rotatable bonds is 2. The van der Waals surface area contributed by atoms with Gasteiger partial charge in [0.05, 0.1) is 0 Å². The lowest BCUT2D eigenvalue weighted by atomic mass is 10.0. The Balaban J connectivity index is 2.12. The van der Waals surface area contributed by atoms with E-state index in [0.29, 0.717) is 17.7 Å². The number of amides is 1. The standard InChI is InChI=1S/C15H19FN2O/c1-11(13-6-2-3-7-14(13)16)9-15(19)18-8-4-5-12(17)10-18/h2-3,6-7,9,12H,4-5,8,10,17H2,1H3. The number of benzene rings is 1. The second-order valence-electron chi connectivity index (χ2n) is 4.99. The molecule has 1 aromatic rings. The number of carbonyl (C=O) groups excluding carboxylic acids is 1. The summed E-state index contributed by atoms with van der Waals surface area (Å²) in [6, 6.07) is 6.53. The highest BCUT2D eigenvalue weighted by Crippen LogP contribution is 2.18. The van der Waals surface area contributed by atoms with Gasteiger partial charge in [0.1, 0.15) is 5.82 Å². The zero-order chi connectivity index (χ0) is 13.8. The topological polar surface area (TPSA) is 46.3 Å². The number of carbonyl (C=O) groups is 1. The third-order valence-corrected chi connectivity index (χ3v) is 3.41. The fourth-order valence-corrected chi connectivity index (χ4v) is 2.35. The van der Waals surface area contributed by atoms with Crippen LogP contribution in [0.1, 0.15) is 25.3 Å². The van der Waals surface area contributed by atoms with E-state index in [1.54, 1.807) is 30.0 Å². The Morgan fingerprint density at radius 2 is 2.21 bits per heavy atom. The largest absolute Gasteiger partial charge is 0.338 e. The van der Waals surface area contributed by atoms with E-state index in [1.807, 2.05) is 0 Å². The first-order valence-corrected chi connectivity index (χ1v) is 6.55. The summed E-state index contributed by atoms with van der Waals surface area (Å²) in [7, 11) is 0. The van der Waals surface area contributed by atoms with Crippen molar-refractivity contribution in [1.82, 2.24) is 4.90 Å². The monoisotopic (exact) mass is 262 g/mol. The third-order valence-electron chi connectivity index (χ3n) is 3.41. The van der Waals surface area contributed by atoms with Gasteiger partial charge < -0.3 is 10.6 Å². The van der Waals surface area contributed by atoms with Crippen LogP contribution in [0.15, 0.2) is 30.3 Å². The molecule has 1 aliphatic heterocycles. The molecule has 19 heavy (non-hydrogen) atoms. The van der Waals surface area contributed by atoms with Crippen molar-refractivity contribution in [1.29, 1.82) is 0 Å². The van der Waals surface area contributed by atoms with E-state index in [0.717, 1.165) is 19.4 Å². The lowest BCUT2D eigenvalue weighted by Gasteiger charge is -2.30. The van der Waals surface area contributed by atoms with Crippen LogP contribution in [0, 0.1) is 5.82 Å². The van der Waals surface area contributed by atoms with Gasteiger partial charge in [-0.15, -0.1) is 0 Å². The molecule has 0 radical (unpaired) electrons. The van der Waals surface area contributed by atoms with Gasteiger partial charge >= 0.3 is 0 Å². The minimum atomic E-state index is -0.306. The molecular formula is C15H19FN2O. The van der Waals surface area contributed by atoms with Crippen molar-refractivity contribution in [3.63, 3.8) is 0 Å². The third kappa shape index (κ3) is 3.41. The second kappa shape index (κ2) is 5.97. The van der Waals surface area contributed by atoms with Crippen molar-refractivity contribution in [2.75, 3.05) is 13.1 Å². The average molecular weight is 262 g/mol. The van der Waals surface area contributed by atoms with E-state index in [2.05, 4.69) is 0 Å². The molecule has 1 aliphatic rings. The van der Waals surface area contributed by atoms with Gasteiger partial charge in [-0.2, -0.15) is 0 Å². The Kier molecular flexibility index (Phi) is 4.32. The minimum absolute atomic E-state index is 0.0554. The summed E-state index contributed by atoms with van der Waals surface area (Å²) in [4.78, 5) is 13.8. The number of nitrogens with two attached hydrogens (primary N) is 1. The maximum Gasteiger partial charge on any atom is 0.246 e. The first kappa shape index (κ1) is 13.7. The number of halogens is 1. The summed E-state index contributed by atoms with van der Waals surface area (Å²) in [6.07, 6.45) is 3.38. The van der Waals surface area contributed by atoms with E-state index >= 15 is 0 Å². The van der Waals surface area contributed by atoms with Crippen molar-refractivity contribution in [3.8, 4) is 0 Å². The molecule has 1 atom stereocenters. The first-order valence-electron chi connectivity index (χ1n) is 6.55. The van der Waals surface area contributed by atoms with Crippen LogP contribution in [-0.4, -0.2) is 29.9 Å². The number of allylic oxidation sites excluding steroid dienone is 1. The van der Waals surface area contributed by atoms with Gasteiger partial charge in [0, 0.05) is 30.8 Å². The smallest absolute Gasteiger partial charge is 0.246 e. The normalized spacial score (nSPS) is 20.5. The molecule has 102 valence electrons. The van der Waals surface area contributed by atoms with E-state index in [4.69, 9.17) is 5.73 Å². The Hall–Kier alpha value is -1.68. The molecule has 1 heterocycles. The van der Waals surface area contributed by atoms with Crippen molar-refractivity contribution in [3.05, 3.63) is 41.7 Å². The van der Waals surface area contributed by atoms with Crippen LogP contribution in [0.2, 0.25) is 0 Å². The molecule has 0 spiro atoms. The fraction of sp³-hybridized carbons (Fsp3) is 0.400. The number of nitrogens with zero attached hydrogens (tertiary/aromatic N) is 1. The van der Waals surface area contributed by atoms with Gasteiger partial charge in [0.2, 0.25) is 5.91 Å². The maximum atomic E-state index is 13.6. The van der Waals surface area contributed by atoms with E-state index in [9.17, 15) is 9.18 Å². The molecule has 1 fully saturated rings. The van der Waals surface area contributed by atoms with Crippen LogP contribution in [-0.2, 0) is 4.79 Å². The van der Waals surface area contributed by atoms with Gasteiger partial charge in [-0.3, -0.25) is 4.79 Å². The van der Waals surface area contributed by atoms with Crippen LogP contribution < -0.4 is 5.73 Å². The van der Waals surface area contributed by atoms with Gasteiger partial charge in [-0.1, -0.05) is 18.2 Å². The van der Waals surface area contributed by atoms with Crippen LogP contribution in [0.25, 0.3) is 5.57 Å². The Morgan fingerprint density at radius 3 is 2.89 bits per heavy atom. The summed E-state index contributed by atoms with van der Waals surface area (Å²) < 4.78 is 13.6. The average Bonchev–Trinajstić information content (AvgIpc) is 2.39. The first-order chi connectivity index (χ1) is 9.08. The zero-order valence-electron chi connectivity index (χ0n) is 11.1. The van der Waals surface area contributed by atoms with Gasteiger partial charge in [-0.05, 0) is 31.4 Å². The molecule has 0 aromatic heterocycles.